The van der Waals surface area contributed by atoms with Crippen molar-refractivity contribution in [2.75, 3.05) is 26.2 Å². The lowest BCUT2D eigenvalue weighted by Crippen LogP contribution is -2.51. The van der Waals surface area contributed by atoms with E-state index in [-0.39, 0.29) is 61.3 Å². The van der Waals surface area contributed by atoms with Crippen molar-refractivity contribution in [3.05, 3.63) is 94.5 Å². The van der Waals surface area contributed by atoms with Gasteiger partial charge >= 0.3 is 6.18 Å². The number of nitrogens with zero attached hydrogens (tertiary/aromatic N) is 2. The van der Waals surface area contributed by atoms with Crippen molar-refractivity contribution in [1.29, 1.82) is 0 Å². The van der Waals surface area contributed by atoms with Crippen LogP contribution in [0.2, 0.25) is 5.02 Å². The van der Waals surface area contributed by atoms with Crippen LogP contribution in [0.1, 0.15) is 27.9 Å². The molecule has 5 nitrogen and oxygen atoms in total. The molecular formula is C28H24ClF3N2O3. The number of hydrogen-bond acceptors (Lipinski definition) is 3. The number of Topliss-reactive ketones (excluding diaryl/α,β-unsaturated/α-hetero) is 1. The zero-order chi connectivity index (χ0) is 26.6. The third-order valence-corrected chi connectivity index (χ3v) is 6.58. The molecule has 1 aliphatic rings. The Morgan fingerprint density at radius 3 is 2.00 bits per heavy atom. The molecule has 0 aliphatic carbocycles. The number of benzene rings is 3. The van der Waals surface area contributed by atoms with Crippen molar-refractivity contribution in [3.63, 3.8) is 0 Å². The first kappa shape index (κ1) is 26.4. The zero-order valence-electron chi connectivity index (χ0n) is 19.8. The quantitative estimate of drug-likeness (QED) is 0.396. The fraction of sp³-hybridized carbons (Fsp3) is 0.250. The Morgan fingerprint density at radius 2 is 1.38 bits per heavy atom. The van der Waals surface area contributed by atoms with Crippen molar-refractivity contribution >= 4 is 29.2 Å². The van der Waals surface area contributed by atoms with Crippen molar-refractivity contribution in [1.82, 2.24) is 9.80 Å². The molecule has 1 saturated heterocycles. The van der Waals surface area contributed by atoms with Crippen molar-refractivity contribution in [2.24, 2.45) is 0 Å². The van der Waals surface area contributed by atoms with E-state index < -0.39 is 17.6 Å². The van der Waals surface area contributed by atoms with E-state index in [1.165, 1.54) is 9.80 Å². The smallest absolute Gasteiger partial charge is 0.339 e. The molecule has 0 spiro atoms. The van der Waals surface area contributed by atoms with Crippen LogP contribution in [0, 0.1) is 0 Å². The van der Waals surface area contributed by atoms with Gasteiger partial charge in [-0.15, -0.1) is 0 Å². The predicted molar refractivity (Wildman–Crippen MR) is 134 cm³/mol. The molecule has 1 fully saturated rings. The van der Waals surface area contributed by atoms with Crippen LogP contribution < -0.4 is 0 Å². The summed E-state index contributed by atoms with van der Waals surface area (Å²) in [6, 6.07) is 20.1. The van der Waals surface area contributed by atoms with Gasteiger partial charge in [0.05, 0.1) is 22.6 Å². The average Bonchev–Trinajstić information content (AvgIpc) is 2.89. The van der Waals surface area contributed by atoms with Gasteiger partial charge < -0.3 is 9.80 Å². The van der Waals surface area contributed by atoms with Gasteiger partial charge in [0, 0.05) is 32.6 Å². The SMILES string of the molecule is O=C(CC(=O)N1CCN(C(=O)c2cc(C(F)(F)F)ccc2Cl)CC1)Cc1ccc(-c2ccccc2)cc1. The maximum atomic E-state index is 13.0. The molecule has 3 aromatic carbocycles. The number of carbonyl (C=O) groups excluding carboxylic acids is 3. The van der Waals surface area contributed by atoms with Crippen molar-refractivity contribution < 1.29 is 27.6 Å². The molecule has 0 radical (unpaired) electrons. The van der Waals surface area contributed by atoms with Crippen LogP contribution in [0.3, 0.4) is 0 Å². The summed E-state index contributed by atoms with van der Waals surface area (Å²) in [6.45, 7) is 0.624. The van der Waals surface area contributed by atoms with E-state index in [4.69, 9.17) is 11.6 Å². The highest BCUT2D eigenvalue weighted by atomic mass is 35.5. The van der Waals surface area contributed by atoms with Crippen LogP contribution >= 0.6 is 11.6 Å². The summed E-state index contributed by atoms with van der Waals surface area (Å²) in [5.41, 5.74) is 1.73. The maximum absolute atomic E-state index is 13.0. The number of alkyl halides is 3. The second kappa shape index (κ2) is 11.2. The second-order valence-electron chi connectivity index (χ2n) is 8.82. The highest BCUT2D eigenvalue weighted by molar-refractivity contribution is 6.33. The summed E-state index contributed by atoms with van der Waals surface area (Å²) >= 11 is 5.99. The van der Waals surface area contributed by atoms with Gasteiger partial charge in [-0.2, -0.15) is 13.2 Å². The van der Waals surface area contributed by atoms with E-state index >= 15 is 0 Å². The number of carbonyl (C=O) groups is 3. The lowest BCUT2D eigenvalue weighted by molar-refractivity contribution is -0.138. The highest BCUT2D eigenvalue weighted by Crippen LogP contribution is 2.32. The van der Waals surface area contributed by atoms with Crippen molar-refractivity contribution in [2.45, 2.75) is 19.0 Å². The highest BCUT2D eigenvalue weighted by Gasteiger charge is 2.33. The molecule has 1 heterocycles. The minimum absolute atomic E-state index is 0.0705. The van der Waals surface area contributed by atoms with Crippen LogP contribution in [0.25, 0.3) is 11.1 Å². The van der Waals surface area contributed by atoms with E-state index in [1.54, 1.807) is 0 Å². The maximum Gasteiger partial charge on any atom is 0.416 e. The lowest BCUT2D eigenvalue weighted by Gasteiger charge is -2.35. The molecule has 0 unspecified atom stereocenters. The predicted octanol–water partition coefficient (Wildman–Crippen LogP) is 5.51. The molecule has 4 rings (SSSR count). The standard InChI is InChI=1S/C28H24ClF3N2O3/c29-25-11-10-22(28(30,31)32)17-24(25)27(37)34-14-12-33(13-15-34)26(36)18-23(35)16-19-6-8-21(9-7-19)20-4-2-1-3-5-20/h1-11,17H,12-16,18H2. The van der Waals surface area contributed by atoms with Gasteiger partial charge in [0.2, 0.25) is 5.91 Å². The molecule has 9 heteroatoms. The van der Waals surface area contributed by atoms with Crippen LogP contribution in [0.5, 0.6) is 0 Å². The first-order valence-corrected chi connectivity index (χ1v) is 12.1. The van der Waals surface area contributed by atoms with E-state index in [0.717, 1.165) is 34.9 Å². The number of amides is 2. The van der Waals surface area contributed by atoms with E-state index in [9.17, 15) is 27.6 Å². The van der Waals surface area contributed by atoms with Gasteiger partial charge in [-0.1, -0.05) is 66.2 Å². The minimum atomic E-state index is -4.60. The zero-order valence-corrected chi connectivity index (χ0v) is 20.6. The first-order valence-electron chi connectivity index (χ1n) is 11.7. The fourth-order valence-electron chi connectivity index (χ4n) is 4.21. The molecular weight excluding hydrogens is 505 g/mol. The first-order chi connectivity index (χ1) is 17.6. The van der Waals surface area contributed by atoms with Gasteiger partial charge in [0.25, 0.3) is 5.91 Å². The normalized spacial score (nSPS) is 13.9. The monoisotopic (exact) mass is 528 g/mol. The molecule has 1 aliphatic heterocycles. The second-order valence-corrected chi connectivity index (χ2v) is 9.23. The Kier molecular flexibility index (Phi) is 7.97. The molecule has 0 N–H and O–H groups in total. The summed E-state index contributed by atoms with van der Waals surface area (Å²) < 4.78 is 39.1. The molecule has 0 atom stereocenters. The third-order valence-electron chi connectivity index (χ3n) is 6.25. The van der Waals surface area contributed by atoms with E-state index in [2.05, 4.69) is 0 Å². The minimum Gasteiger partial charge on any atom is -0.339 e. The summed E-state index contributed by atoms with van der Waals surface area (Å²) in [7, 11) is 0. The number of rotatable bonds is 6. The molecule has 3 aromatic rings. The molecule has 0 aromatic heterocycles. The molecule has 0 saturated carbocycles. The number of ketones is 1. The lowest BCUT2D eigenvalue weighted by atomic mass is 10.0. The summed E-state index contributed by atoms with van der Waals surface area (Å²) in [6.07, 6.45) is -4.72. The largest absolute Gasteiger partial charge is 0.416 e. The Balaban J connectivity index is 1.29. The van der Waals surface area contributed by atoms with Crippen LogP contribution in [-0.4, -0.2) is 53.6 Å². The Morgan fingerprint density at radius 1 is 0.784 bits per heavy atom. The molecule has 2 amide bonds. The number of piperazine rings is 1. The van der Waals surface area contributed by atoms with Gasteiger partial charge in [0.15, 0.2) is 0 Å². The number of hydrogen-bond donors (Lipinski definition) is 0. The summed E-state index contributed by atoms with van der Waals surface area (Å²) in [5.74, 6) is -1.18. The molecule has 0 bridgehead atoms. The number of halogens is 4. The fourth-order valence-corrected chi connectivity index (χ4v) is 4.41. The van der Waals surface area contributed by atoms with Crippen LogP contribution in [0.4, 0.5) is 13.2 Å². The van der Waals surface area contributed by atoms with Gasteiger partial charge in [-0.05, 0) is 34.9 Å². The van der Waals surface area contributed by atoms with Gasteiger partial charge in [-0.3, -0.25) is 14.4 Å². The van der Waals surface area contributed by atoms with Crippen LogP contribution in [0.15, 0.2) is 72.8 Å². The Hall–Kier alpha value is -3.65. The van der Waals surface area contributed by atoms with Crippen LogP contribution in [-0.2, 0) is 22.2 Å². The van der Waals surface area contributed by atoms with E-state index in [1.807, 2.05) is 54.6 Å². The Bertz CT molecular complexity index is 1290. The molecule has 192 valence electrons. The summed E-state index contributed by atoms with van der Waals surface area (Å²) in [5, 5.41) is -0.0705. The summed E-state index contributed by atoms with van der Waals surface area (Å²) in [4.78, 5) is 40.8. The van der Waals surface area contributed by atoms with Gasteiger partial charge in [0.1, 0.15) is 5.78 Å². The molecule has 37 heavy (non-hydrogen) atoms. The van der Waals surface area contributed by atoms with Gasteiger partial charge in [-0.25, -0.2) is 0 Å². The third kappa shape index (κ3) is 6.57. The van der Waals surface area contributed by atoms with E-state index in [0.29, 0.717) is 0 Å². The topological polar surface area (TPSA) is 57.7 Å². The van der Waals surface area contributed by atoms with Crippen molar-refractivity contribution in [3.8, 4) is 11.1 Å². The Labute approximate surface area is 217 Å². The average molecular weight is 529 g/mol.